The Labute approximate surface area is 149 Å². The molecule has 1 saturated heterocycles. The number of benzene rings is 2. The molecule has 1 fully saturated rings. The molecule has 126 valence electrons. The number of hydrogen-bond donors (Lipinski definition) is 0. The number of hydrogen-bond acceptors (Lipinski definition) is 3. The number of methoxy groups -OCH3 is 1. The molecule has 0 unspecified atom stereocenters. The Bertz CT molecular complexity index is 746. The van der Waals surface area contributed by atoms with E-state index in [1.165, 1.54) is 12.1 Å². The normalized spacial score (nSPS) is 14.6. The quantitative estimate of drug-likeness (QED) is 0.800. The van der Waals surface area contributed by atoms with Crippen molar-refractivity contribution in [3.8, 4) is 5.75 Å². The first-order chi connectivity index (χ1) is 11.6. The molecule has 0 bridgehead atoms. The minimum Gasteiger partial charge on any atom is -0.495 e. The highest BCUT2D eigenvalue weighted by Crippen LogP contribution is 2.29. The van der Waals surface area contributed by atoms with Gasteiger partial charge in [0.2, 0.25) is 0 Å². The average molecular weight is 393 g/mol. The van der Waals surface area contributed by atoms with Crippen molar-refractivity contribution in [2.75, 3.05) is 38.2 Å². The largest absolute Gasteiger partial charge is 0.495 e. The molecule has 1 aliphatic rings. The van der Waals surface area contributed by atoms with Crippen LogP contribution < -0.4 is 9.64 Å². The van der Waals surface area contributed by atoms with Crippen LogP contribution in [-0.4, -0.2) is 44.1 Å². The zero-order chi connectivity index (χ0) is 17.1. The first kappa shape index (κ1) is 16.8. The second-order valence-electron chi connectivity index (χ2n) is 5.58. The second kappa shape index (κ2) is 7.21. The van der Waals surface area contributed by atoms with Crippen LogP contribution in [-0.2, 0) is 0 Å². The SMILES string of the molecule is COc1ccccc1N1CCN(C(=O)c2cc(F)ccc2Br)CC1. The van der Waals surface area contributed by atoms with Crippen LogP contribution in [0.25, 0.3) is 0 Å². The third-order valence-corrected chi connectivity index (χ3v) is 4.84. The maximum absolute atomic E-state index is 13.4. The topological polar surface area (TPSA) is 32.8 Å². The van der Waals surface area contributed by atoms with Crippen LogP contribution >= 0.6 is 15.9 Å². The predicted molar refractivity (Wildman–Crippen MR) is 95.2 cm³/mol. The van der Waals surface area contributed by atoms with Crippen molar-refractivity contribution in [3.05, 3.63) is 58.3 Å². The minimum atomic E-state index is -0.408. The van der Waals surface area contributed by atoms with Gasteiger partial charge in [-0.1, -0.05) is 12.1 Å². The van der Waals surface area contributed by atoms with Crippen LogP contribution in [0.2, 0.25) is 0 Å². The minimum absolute atomic E-state index is 0.152. The Balaban J connectivity index is 1.71. The van der Waals surface area contributed by atoms with E-state index in [1.54, 1.807) is 18.1 Å². The fourth-order valence-electron chi connectivity index (χ4n) is 2.87. The number of amides is 1. The number of halogens is 2. The van der Waals surface area contributed by atoms with Crippen LogP contribution in [0.15, 0.2) is 46.9 Å². The molecule has 3 rings (SSSR count). The molecule has 2 aromatic carbocycles. The van der Waals surface area contributed by atoms with Gasteiger partial charge in [-0.05, 0) is 46.3 Å². The first-order valence-corrected chi connectivity index (χ1v) is 8.51. The zero-order valence-electron chi connectivity index (χ0n) is 13.3. The number of carbonyl (C=O) groups is 1. The van der Waals surface area contributed by atoms with E-state index < -0.39 is 5.82 Å². The molecule has 2 aromatic rings. The van der Waals surface area contributed by atoms with Crippen LogP contribution in [0.4, 0.5) is 10.1 Å². The summed E-state index contributed by atoms with van der Waals surface area (Å²) >= 11 is 3.32. The number of nitrogens with zero attached hydrogens (tertiary/aromatic N) is 2. The van der Waals surface area contributed by atoms with Gasteiger partial charge in [0, 0.05) is 30.7 Å². The van der Waals surface area contributed by atoms with Crippen LogP contribution in [0.5, 0.6) is 5.75 Å². The lowest BCUT2D eigenvalue weighted by Crippen LogP contribution is -2.49. The third kappa shape index (κ3) is 3.38. The first-order valence-electron chi connectivity index (χ1n) is 7.72. The Morgan fingerprint density at radius 1 is 1.12 bits per heavy atom. The fraction of sp³-hybridized carbons (Fsp3) is 0.278. The maximum atomic E-state index is 13.4. The van der Waals surface area contributed by atoms with Crippen molar-refractivity contribution in [2.24, 2.45) is 0 Å². The molecule has 0 aliphatic carbocycles. The van der Waals surface area contributed by atoms with E-state index in [0.29, 0.717) is 36.2 Å². The molecule has 6 heteroatoms. The lowest BCUT2D eigenvalue weighted by molar-refractivity contribution is 0.0745. The van der Waals surface area contributed by atoms with E-state index in [9.17, 15) is 9.18 Å². The summed E-state index contributed by atoms with van der Waals surface area (Å²) in [5.74, 6) is 0.264. The summed E-state index contributed by atoms with van der Waals surface area (Å²) in [6.45, 7) is 2.58. The van der Waals surface area contributed by atoms with E-state index in [0.717, 1.165) is 11.4 Å². The maximum Gasteiger partial charge on any atom is 0.255 e. The summed E-state index contributed by atoms with van der Waals surface area (Å²) in [5, 5.41) is 0. The molecular formula is C18H18BrFN2O2. The van der Waals surface area contributed by atoms with Gasteiger partial charge in [-0.15, -0.1) is 0 Å². The number of anilines is 1. The van der Waals surface area contributed by atoms with E-state index >= 15 is 0 Å². The standard InChI is InChI=1S/C18H18BrFN2O2/c1-24-17-5-3-2-4-16(17)21-8-10-22(11-9-21)18(23)14-12-13(20)6-7-15(14)19/h2-7,12H,8-11H2,1H3. The van der Waals surface area contributed by atoms with Gasteiger partial charge < -0.3 is 14.5 Å². The molecule has 24 heavy (non-hydrogen) atoms. The highest BCUT2D eigenvalue weighted by atomic mass is 79.9. The van der Waals surface area contributed by atoms with Gasteiger partial charge in [0.25, 0.3) is 5.91 Å². The van der Waals surface area contributed by atoms with Crippen molar-refractivity contribution in [1.82, 2.24) is 4.90 Å². The smallest absolute Gasteiger partial charge is 0.255 e. The highest BCUT2D eigenvalue weighted by Gasteiger charge is 2.25. The van der Waals surface area contributed by atoms with Gasteiger partial charge in [0.05, 0.1) is 18.4 Å². The Hall–Kier alpha value is -2.08. The lowest BCUT2D eigenvalue weighted by Gasteiger charge is -2.36. The number of piperazine rings is 1. The molecule has 1 amide bonds. The summed E-state index contributed by atoms with van der Waals surface area (Å²) in [4.78, 5) is 16.6. The summed E-state index contributed by atoms with van der Waals surface area (Å²) < 4.78 is 19.4. The van der Waals surface area contributed by atoms with Gasteiger partial charge in [-0.25, -0.2) is 4.39 Å². The van der Waals surface area contributed by atoms with Gasteiger partial charge in [0.15, 0.2) is 0 Å². The third-order valence-electron chi connectivity index (χ3n) is 4.15. The second-order valence-corrected chi connectivity index (χ2v) is 6.43. The fourth-order valence-corrected chi connectivity index (χ4v) is 3.29. The summed E-state index contributed by atoms with van der Waals surface area (Å²) in [6, 6.07) is 12.0. The molecule has 4 nitrogen and oxygen atoms in total. The Morgan fingerprint density at radius 2 is 1.83 bits per heavy atom. The van der Waals surface area contributed by atoms with Crippen molar-refractivity contribution < 1.29 is 13.9 Å². The van der Waals surface area contributed by atoms with E-state index in [4.69, 9.17) is 4.74 Å². The van der Waals surface area contributed by atoms with E-state index in [-0.39, 0.29) is 5.91 Å². The van der Waals surface area contributed by atoms with Gasteiger partial charge in [0.1, 0.15) is 11.6 Å². The number of rotatable bonds is 3. The Kier molecular flexibility index (Phi) is 5.04. The molecule has 0 aromatic heterocycles. The molecule has 1 heterocycles. The summed E-state index contributed by atoms with van der Waals surface area (Å²) in [6.07, 6.45) is 0. The molecule has 0 spiro atoms. The molecular weight excluding hydrogens is 375 g/mol. The van der Waals surface area contributed by atoms with Crippen LogP contribution in [0.3, 0.4) is 0 Å². The molecule has 0 N–H and O–H groups in total. The van der Waals surface area contributed by atoms with Gasteiger partial charge in [-0.2, -0.15) is 0 Å². The van der Waals surface area contributed by atoms with E-state index in [2.05, 4.69) is 20.8 Å². The van der Waals surface area contributed by atoms with Crippen molar-refractivity contribution in [2.45, 2.75) is 0 Å². The highest BCUT2D eigenvalue weighted by molar-refractivity contribution is 9.10. The van der Waals surface area contributed by atoms with Gasteiger partial charge >= 0.3 is 0 Å². The monoisotopic (exact) mass is 392 g/mol. The predicted octanol–water partition coefficient (Wildman–Crippen LogP) is 3.56. The Morgan fingerprint density at radius 3 is 2.54 bits per heavy atom. The number of carbonyl (C=O) groups excluding carboxylic acids is 1. The van der Waals surface area contributed by atoms with Crippen molar-refractivity contribution in [1.29, 1.82) is 0 Å². The summed E-state index contributed by atoms with van der Waals surface area (Å²) in [7, 11) is 1.65. The van der Waals surface area contributed by atoms with Crippen LogP contribution in [0.1, 0.15) is 10.4 Å². The van der Waals surface area contributed by atoms with E-state index in [1.807, 2.05) is 24.3 Å². The zero-order valence-corrected chi connectivity index (χ0v) is 14.9. The molecule has 1 aliphatic heterocycles. The molecule has 0 saturated carbocycles. The van der Waals surface area contributed by atoms with Crippen LogP contribution in [0, 0.1) is 5.82 Å². The molecule has 0 atom stereocenters. The van der Waals surface area contributed by atoms with Crippen molar-refractivity contribution in [3.63, 3.8) is 0 Å². The lowest BCUT2D eigenvalue weighted by atomic mass is 10.1. The number of para-hydroxylation sites is 2. The average Bonchev–Trinajstić information content (AvgIpc) is 2.63. The van der Waals surface area contributed by atoms with Crippen molar-refractivity contribution >= 4 is 27.5 Å². The molecule has 0 radical (unpaired) electrons. The number of ether oxygens (including phenoxy) is 1. The van der Waals surface area contributed by atoms with Gasteiger partial charge in [-0.3, -0.25) is 4.79 Å². The summed E-state index contributed by atoms with van der Waals surface area (Å²) in [5.41, 5.74) is 1.39.